The van der Waals surface area contributed by atoms with E-state index in [0.29, 0.717) is 23.9 Å². The van der Waals surface area contributed by atoms with E-state index in [1.165, 1.54) is 0 Å². The van der Waals surface area contributed by atoms with Crippen molar-refractivity contribution >= 4 is 12.2 Å². The van der Waals surface area contributed by atoms with Gasteiger partial charge >= 0.3 is 0 Å². The first-order valence-corrected chi connectivity index (χ1v) is 7.29. The second-order valence-electron chi connectivity index (χ2n) is 4.93. The minimum absolute atomic E-state index is 0.493. The van der Waals surface area contributed by atoms with Gasteiger partial charge in [0.25, 0.3) is 0 Å². The molecule has 0 N–H and O–H groups in total. The Morgan fingerprint density at radius 1 is 1.00 bits per heavy atom. The molecular weight excluding hydrogens is 290 g/mol. The molecule has 0 aliphatic heterocycles. The van der Waals surface area contributed by atoms with Crippen LogP contribution in [0.1, 0.15) is 16.9 Å². The van der Waals surface area contributed by atoms with Crippen molar-refractivity contribution in [3.05, 3.63) is 77.7 Å². The van der Waals surface area contributed by atoms with Crippen LogP contribution < -0.4 is 9.47 Å². The summed E-state index contributed by atoms with van der Waals surface area (Å²) < 4.78 is 16.3. The predicted molar refractivity (Wildman–Crippen MR) is 89.2 cm³/mol. The molecule has 2 aromatic carbocycles. The summed E-state index contributed by atoms with van der Waals surface area (Å²) in [5, 5.41) is 3.67. The molecule has 4 nitrogen and oxygen atoms in total. The lowest BCUT2D eigenvalue weighted by Gasteiger charge is -2.11. The van der Waals surface area contributed by atoms with Crippen LogP contribution in [-0.2, 0) is 6.61 Å². The summed E-state index contributed by atoms with van der Waals surface area (Å²) in [5.41, 5.74) is 2.10. The number of ether oxygens (including phenoxy) is 2. The van der Waals surface area contributed by atoms with Crippen molar-refractivity contribution in [3.63, 3.8) is 0 Å². The molecule has 0 aliphatic carbocycles. The van der Waals surface area contributed by atoms with Crippen molar-refractivity contribution in [1.29, 1.82) is 0 Å². The fourth-order valence-corrected chi connectivity index (χ4v) is 2.14. The molecule has 1 aromatic heterocycles. The average Bonchev–Trinajstić information content (AvgIpc) is 3.12. The van der Waals surface area contributed by atoms with Gasteiger partial charge in [-0.2, -0.15) is 0 Å². The lowest BCUT2D eigenvalue weighted by molar-refractivity contribution is 0.284. The molecule has 0 atom stereocenters. The minimum Gasteiger partial charge on any atom is -0.493 e. The maximum Gasteiger partial charge on any atom is 0.162 e. The van der Waals surface area contributed by atoms with E-state index in [4.69, 9.17) is 14.0 Å². The number of benzene rings is 2. The molecule has 0 unspecified atom stereocenters. The molecule has 1 heterocycles. The molecule has 0 saturated heterocycles. The van der Waals surface area contributed by atoms with Crippen LogP contribution in [0.25, 0.3) is 12.2 Å². The Labute approximate surface area is 135 Å². The third-order valence-corrected chi connectivity index (χ3v) is 3.32. The van der Waals surface area contributed by atoms with Gasteiger partial charge in [0.2, 0.25) is 0 Å². The molecule has 0 fully saturated rings. The van der Waals surface area contributed by atoms with Crippen LogP contribution >= 0.6 is 0 Å². The van der Waals surface area contributed by atoms with Gasteiger partial charge < -0.3 is 14.0 Å². The Balaban J connectivity index is 1.76. The summed E-state index contributed by atoms with van der Waals surface area (Å²) in [5.74, 6) is 2.11. The van der Waals surface area contributed by atoms with Crippen molar-refractivity contribution in [3.8, 4) is 11.5 Å². The van der Waals surface area contributed by atoms with Crippen LogP contribution in [0.5, 0.6) is 11.5 Å². The lowest BCUT2D eigenvalue weighted by atomic mass is 10.1. The van der Waals surface area contributed by atoms with Gasteiger partial charge in [0, 0.05) is 6.07 Å². The standard InChI is InChI=1S/C19H17NO3/c1-21-18-10-8-15(7-9-17-11-12-20-23-17)13-19(18)22-14-16-5-3-2-4-6-16/h2-13H,14H2,1H3. The van der Waals surface area contributed by atoms with Crippen molar-refractivity contribution in [2.24, 2.45) is 0 Å². The maximum atomic E-state index is 5.90. The van der Waals surface area contributed by atoms with E-state index in [1.54, 1.807) is 19.4 Å². The van der Waals surface area contributed by atoms with Crippen LogP contribution in [-0.4, -0.2) is 12.3 Å². The maximum absolute atomic E-state index is 5.90. The zero-order chi connectivity index (χ0) is 15.9. The van der Waals surface area contributed by atoms with Gasteiger partial charge in [0.15, 0.2) is 17.3 Å². The Kier molecular flexibility index (Phi) is 4.74. The molecule has 0 aliphatic rings. The Hall–Kier alpha value is -3.01. The fourth-order valence-electron chi connectivity index (χ4n) is 2.14. The predicted octanol–water partition coefficient (Wildman–Crippen LogP) is 4.43. The first-order chi connectivity index (χ1) is 11.3. The zero-order valence-corrected chi connectivity index (χ0v) is 12.8. The molecule has 0 amide bonds. The van der Waals surface area contributed by atoms with Gasteiger partial charge in [-0.05, 0) is 29.3 Å². The van der Waals surface area contributed by atoms with Crippen LogP contribution in [0.2, 0.25) is 0 Å². The first-order valence-electron chi connectivity index (χ1n) is 7.29. The van der Waals surface area contributed by atoms with Gasteiger partial charge in [0.05, 0.1) is 13.3 Å². The Bertz CT molecular complexity index is 765. The molecule has 23 heavy (non-hydrogen) atoms. The highest BCUT2D eigenvalue weighted by Gasteiger charge is 2.05. The van der Waals surface area contributed by atoms with E-state index in [2.05, 4.69) is 5.16 Å². The SMILES string of the molecule is COc1ccc(C=Cc2ccno2)cc1OCc1ccccc1. The van der Waals surface area contributed by atoms with Crippen molar-refractivity contribution in [2.45, 2.75) is 6.61 Å². The number of methoxy groups -OCH3 is 1. The van der Waals surface area contributed by atoms with E-state index in [0.717, 1.165) is 11.1 Å². The summed E-state index contributed by atoms with van der Waals surface area (Å²) >= 11 is 0. The van der Waals surface area contributed by atoms with Gasteiger partial charge in [-0.3, -0.25) is 0 Å². The van der Waals surface area contributed by atoms with Crippen molar-refractivity contribution < 1.29 is 14.0 Å². The third-order valence-electron chi connectivity index (χ3n) is 3.32. The number of rotatable bonds is 6. The summed E-state index contributed by atoms with van der Waals surface area (Å²) in [6.07, 6.45) is 5.41. The summed E-state index contributed by atoms with van der Waals surface area (Å²) in [7, 11) is 1.63. The summed E-state index contributed by atoms with van der Waals surface area (Å²) in [6, 6.07) is 17.6. The van der Waals surface area contributed by atoms with E-state index in [9.17, 15) is 0 Å². The third kappa shape index (κ3) is 4.01. The highest BCUT2D eigenvalue weighted by molar-refractivity contribution is 5.68. The normalized spacial score (nSPS) is 10.8. The molecule has 0 radical (unpaired) electrons. The lowest BCUT2D eigenvalue weighted by Crippen LogP contribution is -1.97. The van der Waals surface area contributed by atoms with Crippen molar-refractivity contribution in [1.82, 2.24) is 5.16 Å². The van der Waals surface area contributed by atoms with Crippen LogP contribution in [0.3, 0.4) is 0 Å². The molecule has 3 aromatic rings. The van der Waals surface area contributed by atoms with Gasteiger partial charge in [0.1, 0.15) is 6.61 Å². The summed E-state index contributed by atoms with van der Waals surface area (Å²) in [6.45, 7) is 0.493. The van der Waals surface area contributed by atoms with Crippen LogP contribution in [0.15, 0.2) is 65.3 Å². The van der Waals surface area contributed by atoms with Crippen LogP contribution in [0, 0.1) is 0 Å². The molecular formula is C19H17NO3. The van der Waals surface area contributed by atoms with Gasteiger partial charge in [-0.1, -0.05) is 47.6 Å². The number of hydrogen-bond acceptors (Lipinski definition) is 4. The quantitative estimate of drug-likeness (QED) is 0.675. The minimum atomic E-state index is 0.493. The molecule has 4 heteroatoms. The molecule has 0 spiro atoms. The second kappa shape index (κ2) is 7.31. The molecule has 3 rings (SSSR count). The Morgan fingerprint density at radius 3 is 2.61 bits per heavy atom. The highest BCUT2D eigenvalue weighted by atomic mass is 16.5. The fraction of sp³-hybridized carbons (Fsp3) is 0.105. The van der Waals surface area contributed by atoms with Crippen LogP contribution in [0.4, 0.5) is 0 Å². The average molecular weight is 307 g/mol. The van der Waals surface area contributed by atoms with Gasteiger partial charge in [-0.15, -0.1) is 0 Å². The molecule has 0 saturated carbocycles. The summed E-state index contributed by atoms with van der Waals surface area (Å²) in [4.78, 5) is 0. The Morgan fingerprint density at radius 2 is 1.87 bits per heavy atom. The molecule has 116 valence electrons. The van der Waals surface area contributed by atoms with Gasteiger partial charge in [-0.25, -0.2) is 0 Å². The topological polar surface area (TPSA) is 44.5 Å². The zero-order valence-electron chi connectivity index (χ0n) is 12.8. The number of hydrogen-bond donors (Lipinski definition) is 0. The molecule has 0 bridgehead atoms. The highest BCUT2D eigenvalue weighted by Crippen LogP contribution is 2.29. The van der Waals surface area contributed by atoms with E-state index < -0.39 is 0 Å². The first kappa shape index (κ1) is 14.9. The van der Waals surface area contributed by atoms with E-state index in [1.807, 2.05) is 60.7 Å². The van der Waals surface area contributed by atoms with E-state index >= 15 is 0 Å². The van der Waals surface area contributed by atoms with E-state index in [-0.39, 0.29) is 0 Å². The monoisotopic (exact) mass is 307 g/mol. The second-order valence-corrected chi connectivity index (χ2v) is 4.93. The van der Waals surface area contributed by atoms with Crippen molar-refractivity contribution in [2.75, 3.05) is 7.11 Å². The smallest absolute Gasteiger partial charge is 0.162 e. The number of aromatic nitrogens is 1. The number of nitrogens with zero attached hydrogens (tertiary/aromatic N) is 1. The largest absolute Gasteiger partial charge is 0.493 e.